The van der Waals surface area contributed by atoms with E-state index in [1.807, 2.05) is 31.7 Å². The molecule has 2 fully saturated rings. The second-order valence-electron chi connectivity index (χ2n) is 8.25. The van der Waals surface area contributed by atoms with Crippen LogP contribution in [-0.2, 0) is 11.3 Å². The van der Waals surface area contributed by atoms with E-state index in [4.69, 9.17) is 4.74 Å². The standard InChI is InChI=1S/C18H25N5O2/c1-18(2,3)25-17(24)23-10-13-8-22(9-14(13)11-23)7-12-4-5-15-16(6-12)20-21-19-15/h4-6,13-14H,7-11H2,1-3H3,(H,19,20,21)/t13-,14-/m0/s1. The molecular weight excluding hydrogens is 318 g/mol. The lowest BCUT2D eigenvalue weighted by atomic mass is 10.0. The molecule has 0 unspecified atom stereocenters. The number of nitrogens with zero attached hydrogens (tertiary/aromatic N) is 4. The van der Waals surface area contributed by atoms with E-state index in [0.29, 0.717) is 11.8 Å². The first kappa shape index (κ1) is 16.3. The van der Waals surface area contributed by atoms with E-state index in [9.17, 15) is 4.79 Å². The van der Waals surface area contributed by atoms with Crippen LogP contribution in [0.1, 0.15) is 26.3 Å². The van der Waals surface area contributed by atoms with Crippen molar-refractivity contribution in [2.75, 3.05) is 26.2 Å². The number of fused-ring (bicyclic) bond motifs is 2. The van der Waals surface area contributed by atoms with Gasteiger partial charge in [-0.1, -0.05) is 6.07 Å². The van der Waals surface area contributed by atoms with E-state index < -0.39 is 5.60 Å². The molecule has 2 atom stereocenters. The molecule has 134 valence electrons. The lowest BCUT2D eigenvalue weighted by Gasteiger charge is -2.26. The summed E-state index contributed by atoms with van der Waals surface area (Å²) in [5.41, 5.74) is 2.63. The van der Waals surface area contributed by atoms with Gasteiger partial charge < -0.3 is 9.64 Å². The fourth-order valence-electron chi connectivity index (χ4n) is 3.94. The molecule has 1 aromatic heterocycles. The number of ether oxygens (including phenoxy) is 1. The first-order valence-electron chi connectivity index (χ1n) is 8.87. The molecule has 1 amide bonds. The van der Waals surface area contributed by atoms with Gasteiger partial charge in [0.05, 0.1) is 0 Å². The van der Waals surface area contributed by atoms with Gasteiger partial charge in [-0.05, 0) is 50.3 Å². The molecule has 1 N–H and O–H groups in total. The summed E-state index contributed by atoms with van der Waals surface area (Å²) in [5, 5.41) is 10.9. The predicted molar refractivity (Wildman–Crippen MR) is 94.0 cm³/mol. The number of rotatable bonds is 2. The van der Waals surface area contributed by atoms with Crippen molar-refractivity contribution in [3.63, 3.8) is 0 Å². The summed E-state index contributed by atoms with van der Waals surface area (Å²) in [6.07, 6.45) is -0.176. The molecule has 0 bridgehead atoms. The van der Waals surface area contributed by atoms with Crippen LogP contribution in [0, 0.1) is 11.8 Å². The van der Waals surface area contributed by atoms with Gasteiger partial charge in [0.15, 0.2) is 0 Å². The molecule has 25 heavy (non-hydrogen) atoms. The number of hydrogen-bond donors (Lipinski definition) is 1. The fourth-order valence-corrected chi connectivity index (χ4v) is 3.94. The van der Waals surface area contributed by atoms with Gasteiger partial charge in [-0.2, -0.15) is 15.4 Å². The number of H-pyrrole nitrogens is 1. The highest BCUT2D eigenvalue weighted by Crippen LogP contribution is 2.32. The number of benzene rings is 1. The van der Waals surface area contributed by atoms with Crippen molar-refractivity contribution in [2.45, 2.75) is 32.9 Å². The van der Waals surface area contributed by atoms with Crippen molar-refractivity contribution in [3.05, 3.63) is 23.8 Å². The molecule has 2 aliphatic heterocycles. The van der Waals surface area contributed by atoms with E-state index in [-0.39, 0.29) is 6.09 Å². The summed E-state index contributed by atoms with van der Waals surface area (Å²) < 4.78 is 5.50. The Kier molecular flexibility index (Phi) is 3.91. The first-order valence-corrected chi connectivity index (χ1v) is 8.87. The summed E-state index contributed by atoms with van der Waals surface area (Å²) in [6, 6.07) is 6.22. The van der Waals surface area contributed by atoms with Gasteiger partial charge >= 0.3 is 6.09 Å². The van der Waals surface area contributed by atoms with Crippen molar-refractivity contribution in [1.29, 1.82) is 0 Å². The van der Waals surface area contributed by atoms with Crippen LogP contribution in [0.5, 0.6) is 0 Å². The molecule has 7 nitrogen and oxygen atoms in total. The predicted octanol–water partition coefficient (Wildman–Crippen LogP) is 2.26. The van der Waals surface area contributed by atoms with Gasteiger partial charge in [0, 0.05) is 32.7 Å². The lowest BCUT2D eigenvalue weighted by molar-refractivity contribution is 0.0274. The Balaban J connectivity index is 1.34. The highest BCUT2D eigenvalue weighted by Gasteiger charge is 2.42. The molecule has 0 spiro atoms. The third-order valence-electron chi connectivity index (χ3n) is 5.00. The summed E-state index contributed by atoms with van der Waals surface area (Å²) in [4.78, 5) is 16.6. The van der Waals surface area contributed by atoms with Crippen LogP contribution in [0.15, 0.2) is 18.2 Å². The van der Waals surface area contributed by atoms with Crippen LogP contribution in [-0.4, -0.2) is 63.1 Å². The van der Waals surface area contributed by atoms with Crippen molar-refractivity contribution >= 4 is 17.1 Å². The zero-order chi connectivity index (χ0) is 17.6. The third kappa shape index (κ3) is 3.46. The van der Waals surface area contributed by atoms with E-state index >= 15 is 0 Å². The smallest absolute Gasteiger partial charge is 0.410 e. The number of aromatic nitrogens is 3. The molecule has 0 radical (unpaired) electrons. The Labute approximate surface area is 147 Å². The summed E-state index contributed by atoms with van der Waals surface area (Å²) in [6.45, 7) is 10.3. The van der Waals surface area contributed by atoms with Gasteiger partial charge in [0.25, 0.3) is 0 Å². The number of carbonyl (C=O) groups excluding carboxylic acids is 1. The molecule has 2 aromatic rings. The van der Waals surface area contributed by atoms with Crippen LogP contribution < -0.4 is 0 Å². The molecule has 7 heteroatoms. The number of amides is 1. The average Bonchev–Trinajstić information content (AvgIpc) is 3.18. The molecule has 0 saturated carbocycles. The quantitative estimate of drug-likeness (QED) is 0.905. The minimum Gasteiger partial charge on any atom is -0.444 e. The molecular formula is C18H25N5O2. The second-order valence-corrected chi connectivity index (χ2v) is 8.25. The Morgan fingerprint density at radius 2 is 1.84 bits per heavy atom. The minimum absolute atomic E-state index is 0.176. The number of likely N-dealkylation sites (tertiary alicyclic amines) is 2. The van der Waals surface area contributed by atoms with E-state index in [2.05, 4.69) is 32.4 Å². The van der Waals surface area contributed by atoms with Gasteiger partial charge in [-0.15, -0.1) is 0 Å². The van der Waals surface area contributed by atoms with Gasteiger partial charge in [-0.25, -0.2) is 4.79 Å². The van der Waals surface area contributed by atoms with Crippen molar-refractivity contribution < 1.29 is 9.53 Å². The number of nitrogens with one attached hydrogen (secondary N) is 1. The molecule has 2 saturated heterocycles. The average molecular weight is 343 g/mol. The summed E-state index contributed by atoms with van der Waals surface area (Å²) in [5.74, 6) is 1.09. The normalized spacial score (nSPS) is 24.0. The Bertz CT molecular complexity index is 767. The van der Waals surface area contributed by atoms with Crippen LogP contribution in [0.25, 0.3) is 11.0 Å². The molecule has 1 aromatic carbocycles. The van der Waals surface area contributed by atoms with Crippen LogP contribution in [0.3, 0.4) is 0 Å². The van der Waals surface area contributed by atoms with Crippen LogP contribution in [0.2, 0.25) is 0 Å². The minimum atomic E-state index is -0.430. The van der Waals surface area contributed by atoms with E-state index in [0.717, 1.165) is 43.8 Å². The van der Waals surface area contributed by atoms with Gasteiger partial charge in [0.1, 0.15) is 16.6 Å². The molecule has 3 heterocycles. The van der Waals surface area contributed by atoms with E-state index in [1.165, 1.54) is 5.56 Å². The maximum absolute atomic E-state index is 12.2. The summed E-state index contributed by atoms with van der Waals surface area (Å²) >= 11 is 0. The van der Waals surface area contributed by atoms with Crippen molar-refractivity contribution in [1.82, 2.24) is 25.2 Å². The number of aromatic amines is 1. The maximum atomic E-state index is 12.2. The highest BCUT2D eigenvalue weighted by atomic mass is 16.6. The van der Waals surface area contributed by atoms with Gasteiger partial charge in [-0.3, -0.25) is 4.90 Å². The lowest BCUT2D eigenvalue weighted by Crippen LogP contribution is -2.37. The van der Waals surface area contributed by atoms with E-state index in [1.54, 1.807) is 0 Å². The SMILES string of the molecule is CC(C)(C)OC(=O)N1C[C@@H]2CN(Cc3ccc4n[nH]nc4c3)C[C@H]2C1. The fraction of sp³-hybridized carbons (Fsp3) is 0.611. The maximum Gasteiger partial charge on any atom is 0.410 e. The van der Waals surface area contributed by atoms with Gasteiger partial charge in [0.2, 0.25) is 0 Å². The highest BCUT2D eigenvalue weighted by molar-refractivity contribution is 5.74. The Morgan fingerprint density at radius 1 is 1.16 bits per heavy atom. The zero-order valence-electron chi connectivity index (χ0n) is 15.0. The zero-order valence-corrected chi connectivity index (χ0v) is 15.0. The molecule has 0 aliphatic carbocycles. The largest absolute Gasteiger partial charge is 0.444 e. The first-order chi connectivity index (χ1) is 11.9. The number of carbonyl (C=O) groups is 1. The molecule has 2 aliphatic rings. The monoisotopic (exact) mass is 343 g/mol. The Morgan fingerprint density at radius 3 is 2.52 bits per heavy atom. The third-order valence-corrected chi connectivity index (χ3v) is 5.00. The van der Waals surface area contributed by atoms with Crippen LogP contribution >= 0.6 is 0 Å². The van der Waals surface area contributed by atoms with Crippen molar-refractivity contribution in [2.24, 2.45) is 11.8 Å². The Hall–Kier alpha value is -2.15. The van der Waals surface area contributed by atoms with Crippen LogP contribution in [0.4, 0.5) is 4.79 Å². The topological polar surface area (TPSA) is 74.3 Å². The summed E-state index contributed by atoms with van der Waals surface area (Å²) in [7, 11) is 0. The molecule has 4 rings (SSSR count). The number of hydrogen-bond acceptors (Lipinski definition) is 5. The second kappa shape index (κ2) is 5.98. The van der Waals surface area contributed by atoms with Crippen molar-refractivity contribution in [3.8, 4) is 0 Å².